The number of aromatic nitrogens is 2. The summed E-state index contributed by atoms with van der Waals surface area (Å²) < 4.78 is 0. The minimum absolute atomic E-state index is 0.0367. The molecular formula is C20H27ClN4OS. The fourth-order valence-electron chi connectivity index (χ4n) is 2.40. The van der Waals surface area contributed by atoms with Crippen molar-refractivity contribution in [3.63, 3.8) is 0 Å². The molecule has 27 heavy (non-hydrogen) atoms. The average Bonchev–Trinajstić information content (AvgIpc) is 2.66. The molecule has 7 heteroatoms. The van der Waals surface area contributed by atoms with Crippen LogP contribution < -0.4 is 10.2 Å². The summed E-state index contributed by atoms with van der Waals surface area (Å²) in [5, 5.41) is 4.07. The number of benzene rings is 1. The lowest BCUT2D eigenvalue weighted by molar-refractivity contribution is 0.0939. The van der Waals surface area contributed by atoms with Gasteiger partial charge in [-0.25, -0.2) is 9.97 Å². The molecule has 1 aromatic heterocycles. The molecule has 5 nitrogen and oxygen atoms in total. The summed E-state index contributed by atoms with van der Waals surface area (Å²) in [5.41, 5.74) is 1.78. The van der Waals surface area contributed by atoms with Crippen molar-refractivity contribution >= 4 is 35.1 Å². The van der Waals surface area contributed by atoms with E-state index in [0.29, 0.717) is 21.6 Å². The van der Waals surface area contributed by atoms with E-state index in [1.165, 1.54) is 11.8 Å². The number of nitrogens with one attached hydrogen (secondary N) is 1. The molecule has 1 heterocycles. The zero-order valence-corrected chi connectivity index (χ0v) is 17.9. The van der Waals surface area contributed by atoms with E-state index in [4.69, 9.17) is 11.6 Å². The summed E-state index contributed by atoms with van der Waals surface area (Å²) in [6.45, 7) is 7.09. The number of hydrogen-bond donors (Lipinski definition) is 1. The van der Waals surface area contributed by atoms with E-state index in [2.05, 4.69) is 34.0 Å². The maximum absolute atomic E-state index is 12.1. The van der Waals surface area contributed by atoms with Gasteiger partial charge in [0.25, 0.3) is 5.91 Å². The van der Waals surface area contributed by atoms with Gasteiger partial charge >= 0.3 is 0 Å². The van der Waals surface area contributed by atoms with Crippen LogP contribution in [0.15, 0.2) is 35.5 Å². The fraction of sp³-hybridized carbons (Fsp3) is 0.450. The monoisotopic (exact) mass is 406 g/mol. The minimum atomic E-state index is -0.0367. The van der Waals surface area contributed by atoms with Gasteiger partial charge in [-0.2, -0.15) is 0 Å². The van der Waals surface area contributed by atoms with Crippen molar-refractivity contribution in [3.05, 3.63) is 46.6 Å². The summed E-state index contributed by atoms with van der Waals surface area (Å²) >= 11 is 7.68. The second kappa shape index (κ2) is 10.5. The number of carbonyl (C=O) groups excluding carboxylic acids is 1. The SMILES string of the molecule is CCCN(C)c1cc(Cl)nc(SCc2ccc(C(=O)NC(C)CC)cc2)n1. The number of carbonyl (C=O) groups is 1. The van der Waals surface area contributed by atoms with E-state index in [-0.39, 0.29) is 11.9 Å². The van der Waals surface area contributed by atoms with Crippen LogP contribution in [-0.4, -0.2) is 35.5 Å². The maximum Gasteiger partial charge on any atom is 0.251 e. The van der Waals surface area contributed by atoms with Crippen LogP contribution in [0.1, 0.15) is 49.5 Å². The highest BCUT2D eigenvalue weighted by Crippen LogP contribution is 2.24. The smallest absolute Gasteiger partial charge is 0.251 e. The van der Waals surface area contributed by atoms with Gasteiger partial charge in [0.05, 0.1) is 0 Å². The molecule has 1 amide bonds. The second-order valence-corrected chi connectivity index (χ2v) is 7.85. The Morgan fingerprint density at radius 2 is 1.96 bits per heavy atom. The van der Waals surface area contributed by atoms with Crippen molar-refractivity contribution in [2.75, 3.05) is 18.5 Å². The van der Waals surface area contributed by atoms with E-state index < -0.39 is 0 Å². The Morgan fingerprint density at radius 3 is 2.59 bits per heavy atom. The molecule has 0 saturated carbocycles. The third-order valence-electron chi connectivity index (χ3n) is 4.18. The standard InChI is InChI=1S/C20H27ClN4OS/c1-5-11-25(4)18-12-17(21)23-20(24-18)27-13-15-7-9-16(10-8-15)19(26)22-14(3)6-2/h7-10,12,14H,5-6,11,13H2,1-4H3,(H,22,26). The summed E-state index contributed by atoms with van der Waals surface area (Å²) in [5.74, 6) is 1.51. The van der Waals surface area contributed by atoms with Gasteiger partial charge in [0.1, 0.15) is 11.0 Å². The Hall–Kier alpha value is -1.79. The number of amides is 1. The first-order chi connectivity index (χ1) is 12.9. The second-order valence-electron chi connectivity index (χ2n) is 6.52. The van der Waals surface area contributed by atoms with E-state index in [1.54, 1.807) is 6.07 Å². The molecule has 0 saturated heterocycles. The van der Waals surface area contributed by atoms with Gasteiger partial charge in [0.2, 0.25) is 0 Å². The van der Waals surface area contributed by atoms with Crippen molar-refractivity contribution in [1.82, 2.24) is 15.3 Å². The molecule has 1 atom stereocenters. The fourth-order valence-corrected chi connectivity index (χ4v) is 3.44. The van der Waals surface area contributed by atoms with Gasteiger partial charge < -0.3 is 10.2 Å². The first kappa shape index (κ1) is 21.5. The normalized spacial score (nSPS) is 11.9. The van der Waals surface area contributed by atoms with Crippen LogP contribution in [-0.2, 0) is 5.75 Å². The van der Waals surface area contributed by atoms with Crippen molar-refractivity contribution in [1.29, 1.82) is 0 Å². The van der Waals surface area contributed by atoms with Crippen molar-refractivity contribution in [3.8, 4) is 0 Å². The first-order valence-electron chi connectivity index (χ1n) is 9.21. The van der Waals surface area contributed by atoms with Crippen LogP contribution in [0.5, 0.6) is 0 Å². The highest BCUT2D eigenvalue weighted by molar-refractivity contribution is 7.98. The van der Waals surface area contributed by atoms with Crippen molar-refractivity contribution in [2.45, 2.75) is 50.6 Å². The molecule has 0 aliphatic rings. The predicted octanol–water partition coefficient (Wildman–Crippen LogP) is 4.80. The molecule has 0 spiro atoms. The lowest BCUT2D eigenvalue weighted by atomic mass is 10.1. The lowest BCUT2D eigenvalue weighted by Crippen LogP contribution is -2.31. The maximum atomic E-state index is 12.1. The highest BCUT2D eigenvalue weighted by Gasteiger charge is 2.10. The van der Waals surface area contributed by atoms with Crippen molar-refractivity contribution in [2.24, 2.45) is 0 Å². The third kappa shape index (κ3) is 6.70. The Balaban J connectivity index is 1.99. The Bertz CT molecular complexity index is 754. The van der Waals surface area contributed by atoms with Crippen LogP contribution >= 0.6 is 23.4 Å². The number of halogens is 1. The van der Waals surface area contributed by atoms with Gasteiger partial charge in [-0.05, 0) is 37.5 Å². The molecule has 0 radical (unpaired) electrons. The Kier molecular flexibility index (Phi) is 8.38. The number of rotatable bonds is 9. The summed E-state index contributed by atoms with van der Waals surface area (Å²) in [4.78, 5) is 23.1. The molecular weight excluding hydrogens is 380 g/mol. The predicted molar refractivity (Wildman–Crippen MR) is 114 cm³/mol. The molecule has 1 unspecified atom stereocenters. The number of nitrogens with zero attached hydrogens (tertiary/aromatic N) is 3. The van der Waals surface area contributed by atoms with Crippen molar-refractivity contribution < 1.29 is 4.79 Å². The number of anilines is 1. The Morgan fingerprint density at radius 1 is 1.26 bits per heavy atom. The number of thioether (sulfide) groups is 1. The first-order valence-corrected chi connectivity index (χ1v) is 10.6. The van der Waals surface area contributed by atoms with Crippen LogP contribution in [0.4, 0.5) is 5.82 Å². The molecule has 1 N–H and O–H groups in total. The minimum Gasteiger partial charge on any atom is -0.360 e. The van der Waals surface area contributed by atoms with E-state index >= 15 is 0 Å². The third-order valence-corrected chi connectivity index (χ3v) is 5.30. The molecule has 0 aliphatic heterocycles. The number of hydrogen-bond acceptors (Lipinski definition) is 5. The van der Waals surface area contributed by atoms with Crippen LogP contribution in [0, 0.1) is 0 Å². The zero-order chi connectivity index (χ0) is 19.8. The van der Waals surface area contributed by atoms with Gasteiger partial charge in [0.15, 0.2) is 5.16 Å². The van der Waals surface area contributed by atoms with E-state index in [9.17, 15) is 4.79 Å². The van der Waals surface area contributed by atoms with Crippen LogP contribution in [0.3, 0.4) is 0 Å². The highest BCUT2D eigenvalue weighted by atomic mass is 35.5. The molecule has 2 rings (SSSR count). The molecule has 0 fully saturated rings. The molecule has 146 valence electrons. The van der Waals surface area contributed by atoms with Gasteiger partial charge in [0, 0.05) is 37.0 Å². The van der Waals surface area contributed by atoms with Crippen LogP contribution in [0.2, 0.25) is 5.15 Å². The lowest BCUT2D eigenvalue weighted by Gasteiger charge is -2.17. The largest absolute Gasteiger partial charge is 0.360 e. The summed E-state index contributed by atoms with van der Waals surface area (Å²) in [6.07, 6.45) is 1.95. The summed E-state index contributed by atoms with van der Waals surface area (Å²) in [6, 6.07) is 9.60. The quantitative estimate of drug-likeness (QED) is 0.368. The van der Waals surface area contributed by atoms with Crippen LogP contribution in [0.25, 0.3) is 0 Å². The van der Waals surface area contributed by atoms with E-state index in [0.717, 1.165) is 30.8 Å². The van der Waals surface area contributed by atoms with Gasteiger partial charge in [-0.15, -0.1) is 0 Å². The molecule has 0 aliphatic carbocycles. The topological polar surface area (TPSA) is 58.1 Å². The zero-order valence-electron chi connectivity index (χ0n) is 16.3. The van der Waals surface area contributed by atoms with Gasteiger partial charge in [-0.1, -0.05) is 49.3 Å². The molecule has 1 aromatic carbocycles. The van der Waals surface area contributed by atoms with Gasteiger partial charge in [-0.3, -0.25) is 4.79 Å². The summed E-state index contributed by atoms with van der Waals surface area (Å²) in [7, 11) is 2.00. The molecule has 0 bridgehead atoms. The Labute approximate surface area is 170 Å². The van der Waals surface area contributed by atoms with E-state index in [1.807, 2.05) is 38.2 Å². The average molecular weight is 407 g/mol. The molecule has 2 aromatic rings.